The summed E-state index contributed by atoms with van der Waals surface area (Å²) in [5.41, 5.74) is -1.71. The number of alkyl halides is 3. The van der Waals surface area contributed by atoms with Crippen molar-refractivity contribution in [2.24, 2.45) is 0 Å². The van der Waals surface area contributed by atoms with Crippen molar-refractivity contribution in [3.8, 4) is 23.6 Å². The summed E-state index contributed by atoms with van der Waals surface area (Å²) in [5.74, 6) is 0.697. The maximum Gasteiger partial charge on any atom is 0.417 e. The van der Waals surface area contributed by atoms with Gasteiger partial charge in [-0.1, -0.05) is 11.8 Å². The Morgan fingerprint density at radius 1 is 1.30 bits per heavy atom. The van der Waals surface area contributed by atoms with Gasteiger partial charge in [-0.25, -0.2) is 4.98 Å². The highest BCUT2D eigenvalue weighted by atomic mass is 32.2. The number of pyridine rings is 1. The Balaban J connectivity index is 2.69. The molecule has 0 N–H and O–H groups in total. The molecule has 0 radical (unpaired) electrons. The van der Waals surface area contributed by atoms with Crippen LogP contribution < -0.4 is 0 Å². The quantitative estimate of drug-likeness (QED) is 0.769. The number of aryl methyl sites for hydroxylation is 1. The molecule has 0 aliphatic heterocycles. The highest BCUT2D eigenvalue weighted by Gasteiger charge is 2.36. The van der Waals surface area contributed by atoms with Gasteiger partial charge in [0, 0.05) is 0 Å². The van der Waals surface area contributed by atoms with Crippen molar-refractivity contribution in [3.05, 3.63) is 35.1 Å². The monoisotopic (exact) mass is 337 g/mol. The van der Waals surface area contributed by atoms with Gasteiger partial charge < -0.3 is 4.42 Å². The van der Waals surface area contributed by atoms with Crippen LogP contribution in [0.4, 0.5) is 13.2 Å². The van der Waals surface area contributed by atoms with Crippen LogP contribution in [0.3, 0.4) is 0 Å². The number of nitrogens with zero attached hydrogens (tertiary/aromatic N) is 3. The molecule has 0 aliphatic carbocycles. The third kappa shape index (κ3) is 3.66. The van der Waals surface area contributed by atoms with Gasteiger partial charge in [-0.2, -0.15) is 23.7 Å². The zero-order valence-electron chi connectivity index (χ0n) is 12.1. The maximum atomic E-state index is 13.3. The van der Waals surface area contributed by atoms with Crippen LogP contribution in [0.5, 0.6) is 0 Å². The number of aromatic nitrogens is 1. The molecule has 1 atom stereocenters. The second-order valence-electron chi connectivity index (χ2n) is 4.64. The summed E-state index contributed by atoms with van der Waals surface area (Å²) < 4.78 is 45.1. The van der Waals surface area contributed by atoms with E-state index in [2.05, 4.69) is 4.98 Å². The zero-order valence-corrected chi connectivity index (χ0v) is 12.9. The molecule has 0 fully saturated rings. The van der Waals surface area contributed by atoms with E-state index in [1.165, 1.54) is 13.0 Å². The molecule has 8 heteroatoms. The molecule has 0 saturated heterocycles. The van der Waals surface area contributed by atoms with Crippen LogP contribution in [0.25, 0.3) is 11.5 Å². The first kappa shape index (κ1) is 16.9. The minimum atomic E-state index is -4.71. The molecule has 0 spiro atoms. The van der Waals surface area contributed by atoms with Crippen molar-refractivity contribution in [1.29, 1.82) is 10.5 Å². The molecule has 0 aromatic carbocycles. The molecular formula is C15H10F3N3OS. The Bertz CT molecular complexity index is 815. The first-order chi connectivity index (χ1) is 10.8. The van der Waals surface area contributed by atoms with E-state index in [1.54, 1.807) is 19.1 Å². The number of furan rings is 1. The Kier molecular flexibility index (Phi) is 4.67. The van der Waals surface area contributed by atoms with Gasteiger partial charge in [-0.05, 0) is 32.0 Å². The Morgan fingerprint density at radius 2 is 2.00 bits per heavy atom. The SMILES string of the molecule is Cc1ccc(-c2cc(C(F)(F)F)c(C#N)c(S[C@@H](C)C#N)n2)o1. The van der Waals surface area contributed by atoms with Gasteiger partial charge in [-0.3, -0.25) is 0 Å². The van der Waals surface area contributed by atoms with Crippen LogP contribution in [0, 0.1) is 29.6 Å². The van der Waals surface area contributed by atoms with Crippen LogP contribution in [0.2, 0.25) is 0 Å². The van der Waals surface area contributed by atoms with Crippen LogP contribution in [0.15, 0.2) is 27.6 Å². The van der Waals surface area contributed by atoms with Gasteiger partial charge in [0.1, 0.15) is 22.5 Å². The fraction of sp³-hybridized carbons (Fsp3) is 0.267. The molecule has 4 nitrogen and oxygen atoms in total. The lowest BCUT2D eigenvalue weighted by Crippen LogP contribution is -2.11. The average Bonchev–Trinajstić information content (AvgIpc) is 2.92. The number of halogens is 3. The number of nitriles is 2. The minimum absolute atomic E-state index is 0.0305. The Labute approximate surface area is 134 Å². The second-order valence-corrected chi connectivity index (χ2v) is 5.97. The van der Waals surface area contributed by atoms with Crippen LogP contribution in [0.1, 0.15) is 23.8 Å². The van der Waals surface area contributed by atoms with Gasteiger partial charge >= 0.3 is 6.18 Å². The second kappa shape index (κ2) is 6.35. The van der Waals surface area contributed by atoms with Crippen LogP contribution >= 0.6 is 11.8 Å². The van der Waals surface area contributed by atoms with E-state index in [-0.39, 0.29) is 16.5 Å². The summed E-state index contributed by atoms with van der Waals surface area (Å²) in [4.78, 5) is 4.08. The van der Waals surface area contributed by atoms with Crippen molar-refractivity contribution < 1.29 is 17.6 Å². The molecule has 0 bridgehead atoms. The molecule has 0 amide bonds. The Hall–Kier alpha value is -2.45. The number of hydrogen-bond donors (Lipinski definition) is 0. The molecule has 118 valence electrons. The molecule has 2 heterocycles. The van der Waals surface area contributed by atoms with Gasteiger partial charge in [-0.15, -0.1) is 0 Å². The van der Waals surface area contributed by atoms with E-state index in [0.29, 0.717) is 5.76 Å². The van der Waals surface area contributed by atoms with E-state index in [4.69, 9.17) is 14.9 Å². The van der Waals surface area contributed by atoms with E-state index in [9.17, 15) is 13.2 Å². The van der Waals surface area contributed by atoms with E-state index in [0.717, 1.165) is 17.8 Å². The normalized spacial score (nSPS) is 12.5. The van der Waals surface area contributed by atoms with Gasteiger partial charge in [0.05, 0.1) is 22.4 Å². The summed E-state index contributed by atoms with van der Waals surface area (Å²) in [5, 5.41) is 17.2. The number of hydrogen-bond acceptors (Lipinski definition) is 5. The summed E-state index contributed by atoms with van der Waals surface area (Å²) in [6, 6.07) is 7.34. The lowest BCUT2D eigenvalue weighted by molar-refractivity contribution is -0.138. The standard InChI is InChI=1S/C15H10F3N3OS/c1-8-3-4-13(22-8)12-5-11(15(16,17)18)10(7-20)14(21-12)23-9(2)6-19/h3-5,9H,1-2H3/t9-/m0/s1. The highest BCUT2D eigenvalue weighted by Crippen LogP contribution is 2.38. The third-order valence-corrected chi connectivity index (χ3v) is 3.84. The summed E-state index contributed by atoms with van der Waals surface area (Å²) in [6.45, 7) is 3.18. The van der Waals surface area contributed by atoms with Crippen LogP contribution in [-0.2, 0) is 6.18 Å². The van der Waals surface area contributed by atoms with E-state index < -0.39 is 22.6 Å². The summed E-state index contributed by atoms with van der Waals surface area (Å²) in [6.07, 6.45) is -4.71. The lowest BCUT2D eigenvalue weighted by atomic mass is 10.1. The molecule has 2 rings (SSSR count). The smallest absolute Gasteiger partial charge is 0.417 e. The average molecular weight is 337 g/mol. The molecule has 2 aromatic heterocycles. The largest absolute Gasteiger partial charge is 0.460 e. The predicted molar refractivity (Wildman–Crippen MR) is 77.3 cm³/mol. The first-order valence-electron chi connectivity index (χ1n) is 6.41. The number of rotatable bonds is 3. The van der Waals surface area contributed by atoms with Crippen LogP contribution in [-0.4, -0.2) is 10.2 Å². The summed E-state index contributed by atoms with van der Waals surface area (Å²) >= 11 is 0.804. The maximum absolute atomic E-state index is 13.3. The predicted octanol–water partition coefficient (Wildman–Crippen LogP) is 4.54. The van der Waals surface area contributed by atoms with Gasteiger partial charge in [0.25, 0.3) is 0 Å². The molecular weight excluding hydrogens is 327 g/mol. The third-order valence-electron chi connectivity index (χ3n) is 2.87. The van der Waals surface area contributed by atoms with Gasteiger partial charge in [0.2, 0.25) is 0 Å². The minimum Gasteiger partial charge on any atom is -0.460 e. The molecule has 0 aliphatic rings. The molecule has 23 heavy (non-hydrogen) atoms. The summed E-state index contributed by atoms with van der Waals surface area (Å²) in [7, 11) is 0. The lowest BCUT2D eigenvalue weighted by Gasteiger charge is -2.13. The zero-order chi connectivity index (χ0) is 17.2. The fourth-order valence-corrected chi connectivity index (χ4v) is 2.64. The fourth-order valence-electron chi connectivity index (χ4n) is 1.83. The molecule has 0 saturated carbocycles. The first-order valence-corrected chi connectivity index (χ1v) is 7.29. The van der Waals surface area contributed by atoms with Crippen molar-refractivity contribution >= 4 is 11.8 Å². The van der Waals surface area contributed by atoms with Crippen molar-refractivity contribution in [1.82, 2.24) is 4.98 Å². The van der Waals surface area contributed by atoms with Crippen molar-refractivity contribution in [3.63, 3.8) is 0 Å². The number of thioether (sulfide) groups is 1. The van der Waals surface area contributed by atoms with Gasteiger partial charge in [0.15, 0.2) is 5.76 Å². The topological polar surface area (TPSA) is 73.6 Å². The Morgan fingerprint density at radius 3 is 2.48 bits per heavy atom. The van der Waals surface area contributed by atoms with Crippen molar-refractivity contribution in [2.45, 2.75) is 30.3 Å². The van der Waals surface area contributed by atoms with E-state index >= 15 is 0 Å². The highest BCUT2D eigenvalue weighted by molar-refractivity contribution is 8.00. The molecule has 2 aromatic rings. The molecule has 0 unspecified atom stereocenters. The van der Waals surface area contributed by atoms with Crippen molar-refractivity contribution in [2.75, 3.05) is 0 Å². The van der Waals surface area contributed by atoms with E-state index in [1.807, 2.05) is 6.07 Å².